The molecule has 1 unspecified atom stereocenters. The average Bonchev–Trinajstić information content (AvgIpc) is 2.88. The summed E-state index contributed by atoms with van der Waals surface area (Å²) >= 11 is 7.26. The predicted octanol–water partition coefficient (Wildman–Crippen LogP) is 4.46. The highest BCUT2D eigenvalue weighted by Gasteiger charge is 2.12. The molecule has 2 rings (SSSR count). The van der Waals surface area contributed by atoms with Crippen LogP contribution in [0.4, 0.5) is 0 Å². The van der Waals surface area contributed by atoms with Crippen molar-refractivity contribution in [2.24, 2.45) is 5.92 Å². The molecular formula is C15H18Br2N2. The standard InChI is InChI=1S/C15H18Br2N2/c1-2-19-11-13(10-18-19)7-12(9-16)8-14-5-3-4-6-15(14)17/h3-6,10-12H,2,7-9H2,1H3. The van der Waals surface area contributed by atoms with Gasteiger partial charge in [0.05, 0.1) is 6.20 Å². The van der Waals surface area contributed by atoms with Crippen LogP contribution < -0.4 is 0 Å². The molecule has 19 heavy (non-hydrogen) atoms. The Kier molecular flexibility index (Phi) is 5.64. The largest absolute Gasteiger partial charge is 0.273 e. The van der Waals surface area contributed by atoms with Crippen LogP contribution in [0.15, 0.2) is 41.1 Å². The summed E-state index contributed by atoms with van der Waals surface area (Å²) in [7, 11) is 0. The SMILES string of the molecule is CCn1cc(CC(CBr)Cc2ccccc2Br)cn1. The number of aromatic nitrogens is 2. The van der Waals surface area contributed by atoms with Crippen molar-refractivity contribution in [2.45, 2.75) is 26.3 Å². The number of rotatable bonds is 6. The van der Waals surface area contributed by atoms with Gasteiger partial charge < -0.3 is 0 Å². The van der Waals surface area contributed by atoms with Crippen molar-refractivity contribution in [2.75, 3.05) is 5.33 Å². The van der Waals surface area contributed by atoms with Crippen LogP contribution in [-0.2, 0) is 19.4 Å². The van der Waals surface area contributed by atoms with Gasteiger partial charge in [-0.05, 0) is 42.9 Å². The van der Waals surface area contributed by atoms with Gasteiger partial charge in [0.1, 0.15) is 0 Å². The van der Waals surface area contributed by atoms with E-state index in [4.69, 9.17) is 0 Å². The minimum Gasteiger partial charge on any atom is -0.273 e. The Morgan fingerprint density at radius 3 is 2.68 bits per heavy atom. The Morgan fingerprint density at radius 2 is 2.05 bits per heavy atom. The van der Waals surface area contributed by atoms with Gasteiger partial charge in [0.2, 0.25) is 0 Å². The molecule has 0 amide bonds. The van der Waals surface area contributed by atoms with Gasteiger partial charge in [-0.1, -0.05) is 50.1 Å². The second kappa shape index (κ2) is 7.25. The second-order valence-corrected chi connectivity index (χ2v) is 6.23. The summed E-state index contributed by atoms with van der Waals surface area (Å²) in [5, 5.41) is 5.34. The summed E-state index contributed by atoms with van der Waals surface area (Å²) in [6.07, 6.45) is 6.27. The van der Waals surface area contributed by atoms with Gasteiger partial charge in [-0.2, -0.15) is 5.10 Å². The van der Waals surface area contributed by atoms with Crippen molar-refractivity contribution in [1.29, 1.82) is 0 Å². The number of alkyl halides is 1. The maximum Gasteiger partial charge on any atom is 0.0521 e. The normalized spacial score (nSPS) is 12.6. The molecule has 1 aromatic carbocycles. The fourth-order valence-corrected chi connectivity index (χ4v) is 3.08. The number of aryl methyl sites for hydroxylation is 1. The quantitative estimate of drug-likeness (QED) is 0.671. The van der Waals surface area contributed by atoms with Crippen LogP contribution in [0, 0.1) is 5.92 Å². The van der Waals surface area contributed by atoms with E-state index in [-0.39, 0.29) is 0 Å². The number of halogens is 2. The van der Waals surface area contributed by atoms with E-state index in [1.807, 2.05) is 10.9 Å². The molecule has 0 saturated heterocycles. The number of benzene rings is 1. The second-order valence-electron chi connectivity index (χ2n) is 4.72. The predicted molar refractivity (Wildman–Crippen MR) is 86.7 cm³/mol. The van der Waals surface area contributed by atoms with Crippen LogP contribution in [0.5, 0.6) is 0 Å². The third kappa shape index (κ3) is 4.18. The summed E-state index contributed by atoms with van der Waals surface area (Å²) < 4.78 is 3.18. The average molecular weight is 386 g/mol. The van der Waals surface area contributed by atoms with Gasteiger partial charge in [-0.25, -0.2) is 0 Å². The summed E-state index contributed by atoms with van der Waals surface area (Å²) in [6, 6.07) is 8.45. The first-order valence-electron chi connectivity index (χ1n) is 6.53. The van der Waals surface area contributed by atoms with Gasteiger partial charge >= 0.3 is 0 Å². The van der Waals surface area contributed by atoms with Crippen molar-refractivity contribution in [3.05, 3.63) is 52.3 Å². The van der Waals surface area contributed by atoms with Crippen molar-refractivity contribution in [1.82, 2.24) is 9.78 Å². The summed E-state index contributed by atoms with van der Waals surface area (Å²) in [5.41, 5.74) is 2.69. The molecule has 4 heteroatoms. The van der Waals surface area contributed by atoms with Crippen LogP contribution in [0.1, 0.15) is 18.1 Å². The third-order valence-electron chi connectivity index (χ3n) is 3.22. The van der Waals surface area contributed by atoms with Crippen molar-refractivity contribution in [3.63, 3.8) is 0 Å². The monoisotopic (exact) mass is 384 g/mol. The van der Waals surface area contributed by atoms with Crippen LogP contribution in [0.25, 0.3) is 0 Å². The Morgan fingerprint density at radius 1 is 1.26 bits per heavy atom. The first-order chi connectivity index (χ1) is 9.22. The third-order valence-corrected chi connectivity index (χ3v) is 4.91. The van der Waals surface area contributed by atoms with Crippen molar-refractivity contribution in [3.8, 4) is 0 Å². The number of hydrogen-bond donors (Lipinski definition) is 0. The highest BCUT2D eigenvalue weighted by molar-refractivity contribution is 9.10. The van der Waals surface area contributed by atoms with Gasteiger partial charge in [0, 0.05) is 22.5 Å². The lowest BCUT2D eigenvalue weighted by molar-refractivity contribution is 0.588. The molecule has 0 radical (unpaired) electrons. The fourth-order valence-electron chi connectivity index (χ4n) is 2.17. The zero-order chi connectivity index (χ0) is 13.7. The van der Waals surface area contributed by atoms with E-state index in [9.17, 15) is 0 Å². The molecule has 0 aliphatic carbocycles. The minimum absolute atomic E-state index is 0.591. The van der Waals surface area contributed by atoms with E-state index in [0.29, 0.717) is 5.92 Å². The number of nitrogens with zero attached hydrogens (tertiary/aromatic N) is 2. The van der Waals surface area contributed by atoms with Gasteiger partial charge in [0.25, 0.3) is 0 Å². The topological polar surface area (TPSA) is 17.8 Å². The maximum atomic E-state index is 4.34. The summed E-state index contributed by atoms with van der Waals surface area (Å²) in [4.78, 5) is 0. The van der Waals surface area contributed by atoms with E-state index in [1.54, 1.807) is 0 Å². The Bertz CT molecular complexity index is 522. The molecule has 0 spiro atoms. The highest BCUT2D eigenvalue weighted by atomic mass is 79.9. The fraction of sp³-hybridized carbons (Fsp3) is 0.400. The lowest BCUT2D eigenvalue weighted by Crippen LogP contribution is -2.10. The molecule has 1 heterocycles. The molecule has 2 nitrogen and oxygen atoms in total. The molecule has 1 atom stereocenters. The van der Waals surface area contributed by atoms with E-state index >= 15 is 0 Å². The molecular weight excluding hydrogens is 368 g/mol. The van der Waals surface area contributed by atoms with Crippen molar-refractivity contribution < 1.29 is 0 Å². The molecule has 1 aromatic heterocycles. The van der Waals surface area contributed by atoms with Crippen molar-refractivity contribution >= 4 is 31.9 Å². The van der Waals surface area contributed by atoms with E-state index < -0.39 is 0 Å². The Balaban J connectivity index is 2.02. The summed E-state index contributed by atoms with van der Waals surface area (Å²) in [6.45, 7) is 3.04. The molecule has 0 fully saturated rings. The van der Waals surface area contributed by atoms with Crippen LogP contribution in [0.3, 0.4) is 0 Å². The molecule has 102 valence electrons. The van der Waals surface area contributed by atoms with Gasteiger partial charge in [-0.3, -0.25) is 4.68 Å². The van der Waals surface area contributed by atoms with Crippen LogP contribution in [0.2, 0.25) is 0 Å². The van der Waals surface area contributed by atoms with E-state index in [0.717, 1.165) is 24.7 Å². The lowest BCUT2D eigenvalue weighted by atomic mass is 9.95. The van der Waals surface area contributed by atoms with Gasteiger partial charge in [0.15, 0.2) is 0 Å². The molecule has 0 N–H and O–H groups in total. The molecule has 0 aliphatic rings. The molecule has 0 saturated carbocycles. The van der Waals surface area contributed by atoms with E-state index in [2.05, 4.69) is 74.3 Å². The first-order valence-corrected chi connectivity index (χ1v) is 8.45. The highest BCUT2D eigenvalue weighted by Crippen LogP contribution is 2.22. The van der Waals surface area contributed by atoms with Gasteiger partial charge in [-0.15, -0.1) is 0 Å². The minimum atomic E-state index is 0.591. The lowest BCUT2D eigenvalue weighted by Gasteiger charge is -2.14. The summed E-state index contributed by atoms with van der Waals surface area (Å²) in [5.74, 6) is 0.591. The first kappa shape index (κ1) is 14.8. The molecule has 0 bridgehead atoms. The zero-order valence-corrected chi connectivity index (χ0v) is 14.2. The van der Waals surface area contributed by atoms with Crippen LogP contribution in [-0.4, -0.2) is 15.1 Å². The molecule has 0 aliphatic heterocycles. The maximum absolute atomic E-state index is 4.34. The number of hydrogen-bond acceptors (Lipinski definition) is 1. The Hall–Kier alpha value is -0.610. The smallest absolute Gasteiger partial charge is 0.0521 e. The van der Waals surface area contributed by atoms with Crippen LogP contribution >= 0.6 is 31.9 Å². The van der Waals surface area contributed by atoms with E-state index in [1.165, 1.54) is 15.6 Å². The molecule has 2 aromatic rings. The Labute approximate surface area is 131 Å². The zero-order valence-electron chi connectivity index (χ0n) is 11.0.